The van der Waals surface area contributed by atoms with Crippen LogP contribution in [0.15, 0.2) is 0 Å². The molecule has 0 aromatic heterocycles. The number of carbonyl (C=O) groups is 1. The molecule has 0 fully saturated rings. The molecular formula is C5H14NO4P. The molecule has 0 aromatic carbocycles. The summed E-state index contributed by atoms with van der Waals surface area (Å²) in [4.78, 5) is 17.1. The second-order valence-electron chi connectivity index (χ2n) is 1.84. The Hall–Kier alpha value is -0.380. The second-order valence-corrected chi connectivity index (χ2v) is 2.05. The molecule has 0 saturated heterocycles. The molecule has 0 aliphatic rings. The molecule has 0 amide bonds. The van der Waals surface area contributed by atoms with Crippen molar-refractivity contribution in [2.45, 2.75) is 25.8 Å². The lowest BCUT2D eigenvalue weighted by molar-refractivity contribution is -0.138. The highest BCUT2D eigenvalue weighted by Crippen LogP contribution is 1.91. The van der Waals surface area contributed by atoms with Gasteiger partial charge in [-0.1, -0.05) is 13.3 Å². The average Bonchev–Trinajstić information content (AvgIpc) is 1.90. The Morgan fingerprint density at radius 1 is 1.73 bits per heavy atom. The van der Waals surface area contributed by atoms with Gasteiger partial charge < -0.3 is 15.7 Å². The van der Waals surface area contributed by atoms with E-state index in [0.717, 1.165) is 6.42 Å². The Bertz CT molecular complexity index is 119. The maximum absolute atomic E-state index is 9.96. The normalized spacial score (nSPS) is 12.3. The van der Waals surface area contributed by atoms with Gasteiger partial charge in [-0.15, -0.1) is 0 Å². The van der Waals surface area contributed by atoms with Gasteiger partial charge in [0.2, 0.25) is 0 Å². The average molecular weight is 183 g/mol. The Morgan fingerprint density at radius 2 is 2.09 bits per heavy atom. The van der Waals surface area contributed by atoms with Crippen molar-refractivity contribution in [2.75, 3.05) is 0 Å². The zero-order valence-corrected chi connectivity index (χ0v) is 7.51. The Kier molecular flexibility index (Phi) is 11.6. The summed E-state index contributed by atoms with van der Waals surface area (Å²) in [5.74, 6) is -0.910. The van der Waals surface area contributed by atoms with Crippen molar-refractivity contribution >= 4 is 14.7 Å². The van der Waals surface area contributed by atoms with Crippen molar-refractivity contribution in [3.8, 4) is 0 Å². The molecule has 2 atom stereocenters. The van der Waals surface area contributed by atoms with Crippen LogP contribution in [0.25, 0.3) is 0 Å². The van der Waals surface area contributed by atoms with Gasteiger partial charge >= 0.3 is 5.97 Å². The van der Waals surface area contributed by atoms with Crippen LogP contribution in [0.2, 0.25) is 0 Å². The summed E-state index contributed by atoms with van der Waals surface area (Å²) in [5, 5.41) is 8.19. The largest absolute Gasteiger partial charge is 0.480 e. The van der Waals surface area contributed by atoms with Gasteiger partial charge in [-0.3, -0.25) is 9.36 Å². The summed E-state index contributed by atoms with van der Waals surface area (Å²) in [6.07, 6.45) is 1.39. The summed E-state index contributed by atoms with van der Waals surface area (Å²) >= 11 is 0. The van der Waals surface area contributed by atoms with Crippen LogP contribution >= 0.6 is 8.69 Å². The number of hydrogen-bond acceptors (Lipinski definition) is 3. The number of carboxylic acids is 1. The van der Waals surface area contributed by atoms with Crippen LogP contribution < -0.4 is 5.73 Å². The van der Waals surface area contributed by atoms with E-state index in [2.05, 4.69) is 0 Å². The molecule has 0 spiro atoms. The molecule has 4 N–H and O–H groups in total. The van der Waals surface area contributed by atoms with Gasteiger partial charge in [-0.05, 0) is 6.42 Å². The van der Waals surface area contributed by atoms with Crippen LogP contribution in [0.3, 0.4) is 0 Å². The standard InChI is InChI=1S/C5H11NO2.H3O2P/c1-2-3-4(6)5(7)8;1-3-2/h4H,2-3,6H2,1H3,(H,7,8);3H2,(H,1,2). The third-order valence-electron chi connectivity index (χ3n) is 0.917. The number of carboxylic acid groups (broad SMARTS) is 1. The Balaban J connectivity index is 0. The fourth-order valence-corrected chi connectivity index (χ4v) is 0.434. The van der Waals surface area contributed by atoms with Gasteiger partial charge in [0, 0.05) is 0 Å². The first kappa shape index (κ1) is 13.2. The molecule has 0 aliphatic carbocycles. The van der Waals surface area contributed by atoms with E-state index in [9.17, 15) is 4.79 Å². The minimum Gasteiger partial charge on any atom is -0.480 e. The number of hydrogen-bond donors (Lipinski definition) is 3. The fourth-order valence-electron chi connectivity index (χ4n) is 0.434. The molecule has 0 aliphatic heterocycles. The van der Waals surface area contributed by atoms with E-state index in [4.69, 9.17) is 20.3 Å². The molecule has 6 heteroatoms. The Labute approximate surface area is 66.5 Å². The molecule has 0 saturated carbocycles. The highest BCUT2D eigenvalue weighted by molar-refractivity contribution is 7.16. The summed E-state index contributed by atoms with van der Waals surface area (Å²) < 4.78 is 8.57. The van der Waals surface area contributed by atoms with Gasteiger partial charge in [-0.2, -0.15) is 0 Å². The van der Waals surface area contributed by atoms with Crippen molar-refractivity contribution in [3.63, 3.8) is 0 Å². The van der Waals surface area contributed by atoms with E-state index in [1.165, 1.54) is 0 Å². The van der Waals surface area contributed by atoms with Gasteiger partial charge in [0.25, 0.3) is 0 Å². The summed E-state index contributed by atoms with van der Waals surface area (Å²) in [6, 6.07) is -0.667. The highest BCUT2D eigenvalue weighted by atomic mass is 31.1. The lowest BCUT2D eigenvalue weighted by Crippen LogP contribution is -2.29. The van der Waals surface area contributed by atoms with Crippen LogP contribution in [0.5, 0.6) is 0 Å². The van der Waals surface area contributed by atoms with E-state index >= 15 is 0 Å². The molecule has 2 unspecified atom stereocenters. The molecule has 68 valence electrons. The van der Waals surface area contributed by atoms with Gasteiger partial charge in [0.15, 0.2) is 8.69 Å². The van der Waals surface area contributed by atoms with Crippen molar-refractivity contribution in [1.82, 2.24) is 0 Å². The van der Waals surface area contributed by atoms with Gasteiger partial charge in [-0.25, -0.2) is 0 Å². The molecule has 5 nitrogen and oxygen atoms in total. The maximum Gasteiger partial charge on any atom is 0.320 e. The molecule has 11 heavy (non-hydrogen) atoms. The summed E-state index contributed by atoms with van der Waals surface area (Å²) in [5.41, 5.74) is 5.13. The smallest absolute Gasteiger partial charge is 0.320 e. The highest BCUT2D eigenvalue weighted by Gasteiger charge is 2.07. The first-order valence-electron chi connectivity index (χ1n) is 3.16. The van der Waals surface area contributed by atoms with Crippen LogP contribution in [0.4, 0.5) is 0 Å². The third-order valence-corrected chi connectivity index (χ3v) is 0.917. The third kappa shape index (κ3) is 12.7. The lowest BCUT2D eigenvalue weighted by Gasteiger charge is -2.00. The topological polar surface area (TPSA) is 101 Å². The van der Waals surface area contributed by atoms with Crippen LogP contribution in [-0.2, 0) is 9.36 Å². The first-order valence-corrected chi connectivity index (χ1v) is 4.15. The molecule has 0 radical (unpaired) electrons. The van der Waals surface area contributed by atoms with Crippen LogP contribution in [0, 0.1) is 0 Å². The summed E-state index contributed by atoms with van der Waals surface area (Å²) in [6.45, 7) is 1.91. The SMILES string of the molecule is CCCC(N)C(=O)O.O=[PH2]O. The number of aliphatic carboxylic acids is 1. The van der Waals surface area contributed by atoms with Gasteiger partial charge in [0.1, 0.15) is 6.04 Å². The minimum atomic E-state index is -1.50. The van der Waals surface area contributed by atoms with E-state index in [1.54, 1.807) is 0 Å². The molecule has 0 bridgehead atoms. The molecule has 0 heterocycles. The van der Waals surface area contributed by atoms with E-state index in [0.29, 0.717) is 6.42 Å². The van der Waals surface area contributed by atoms with Crippen molar-refractivity contribution in [2.24, 2.45) is 5.73 Å². The van der Waals surface area contributed by atoms with Gasteiger partial charge in [0.05, 0.1) is 0 Å². The molecular weight excluding hydrogens is 169 g/mol. The Morgan fingerprint density at radius 3 is 2.18 bits per heavy atom. The maximum atomic E-state index is 9.96. The predicted octanol–water partition coefficient (Wildman–Crippen LogP) is -0.152. The molecule has 0 rings (SSSR count). The number of nitrogens with two attached hydrogens (primary N) is 1. The van der Waals surface area contributed by atoms with E-state index < -0.39 is 20.7 Å². The zero-order valence-electron chi connectivity index (χ0n) is 6.36. The first-order chi connectivity index (χ1) is 5.09. The molecule has 0 aromatic rings. The summed E-state index contributed by atoms with van der Waals surface area (Å²) in [7, 11) is -1.50. The quantitative estimate of drug-likeness (QED) is 0.528. The fraction of sp³-hybridized carbons (Fsp3) is 0.800. The zero-order chi connectivity index (χ0) is 9.28. The number of rotatable bonds is 3. The van der Waals surface area contributed by atoms with Crippen LogP contribution in [0.1, 0.15) is 19.8 Å². The van der Waals surface area contributed by atoms with E-state index in [-0.39, 0.29) is 0 Å². The van der Waals surface area contributed by atoms with E-state index in [1.807, 2.05) is 6.92 Å². The monoisotopic (exact) mass is 183 g/mol. The minimum absolute atomic E-state index is 0.565. The van der Waals surface area contributed by atoms with Crippen molar-refractivity contribution < 1.29 is 19.4 Å². The predicted molar refractivity (Wildman–Crippen MR) is 43.1 cm³/mol. The van der Waals surface area contributed by atoms with Crippen LogP contribution in [-0.4, -0.2) is 22.0 Å². The second kappa shape index (κ2) is 9.62. The van der Waals surface area contributed by atoms with Crippen molar-refractivity contribution in [3.05, 3.63) is 0 Å². The van der Waals surface area contributed by atoms with Crippen molar-refractivity contribution in [1.29, 1.82) is 0 Å². The lowest BCUT2D eigenvalue weighted by atomic mass is 10.2.